The van der Waals surface area contributed by atoms with Crippen LogP contribution in [0.4, 0.5) is 36.4 Å². The molecule has 0 aliphatic carbocycles. The number of alkyl halides is 7. The van der Waals surface area contributed by atoms with Gasteiger partial charge >= 0.3 is 18.0 Å². The molecule has 0 atom stereocenters. The lowest BCUT2D eigenvalue weighted by Gasteiger charge is -2.30. The second-order valence-corrected chi connectivity index (χ2v) is 6.10. The first-order valence-electron chi connectivity index (χ1n) is 6.97. The van der Waals surface area contributed by atoms with E-state index in [9.17, 15) is 35.5 Å². The number of hydrogen-bond donors (Lipinski definition) is 1. The van der Waals surface area contributed by atoms with Crippen molar-refractivity contribution in [3.05, 3.63) is 63.6 Å². The number of hydrogen-bond acceptors (Lipinski definition) is 1. The van der Waals surface area contributed by atoms with Crippen LogP contribution in [0.2, 0.25) is 10.0 Å². The Balaban J connectivity index is 2.49. The molecule has 2 nitrogen and oxygen atoms in total. The SMILES string of the molecule is O=C(Nc1c(Cl)cc(C(F)(C(F)(F)F)C(F)(F)F)cc1Cl)c1ccccc1. The number of nitrogens with one attached hydrogen (secondary N) is 1. The molecule has 1 N–H and O–H groups in total. The molecule has 0 heterocycles. The van der Waals surface area contributed by atoms with Gasteiger partial charge in [0.05, 0.1) is 15.7 Å². The van der Waals surface area contributed by atoms with Gasteiger partial charge in [-0.05, 0) is 24.3 Å². The van der Waals surface area contributed by atoms with Crippen LogP contribution in [0.1, 0.15) is 15.9 Å². The van der Waals surface area contributed by atoms with Crippen molar-refractivity contribution in [2.75, 3.05) is 5.32 Å². The Bertz CT molecular complexity index is 813. The smallest absolute Gasteiger partial charge is 0.319 e. The summed E-state index contributed by atoms with van der Waals surface area (Å²) in [4.78, 5) is 12.1. The molecule has 0 spiro atoms. The second kappa shape index (κ2) is 7.20. The maximum absolute atomic E-state index is 14.1. The number of carbonyl (C=O) groups is 1. The Kier molecular flexibility index (Phi) is 5.68. The predicted octanol–water partition coefficient (Wildman–Crippen LogP) is 6.54. The quantitative estimate of drug-likeness (QED) is 0.547. The van der Waals surface area contributed by atoms with Crippen LogP contribution >= 0.6 is 23.2 Å². The summed E-state index contributed by atoms with van der Waals surface area (Å²) in [5, 5.41) is 0.575. The van der Waals surface area contributed by atoms with Crippen LogP contribution in [-0.2, 0) is 5.67 Å². The summed E-state index contributed by atoms with van der Waals surface area (Å²) in [5.74, 6) is -0.773. The fourth-order valence-electron chi connectivity index (χ4n) is 2.15. The summed E-state index contributed by atoms with van der Waals surface area (Å²) in [6.07, 6.45) is -12.6. The van der Waals surface area contributed by atoms with Crippen LogP contribution < -0.4 is 5.32 Å². The van der Waals surface area contributed by atoms with Crippen molar-refractivity contribution in [2.45, 2.75) is 18.0 Å². The van der Waals surface area contributed by atoms with E-state index in [-0.39, 0.29) is 17.7 Å². The third-order valence-corrected chi connectivity index (χ3v) is 4.09. The zero-order valence-electron chi connectivity index (χ0n) is 12.9. The largest absolute Gasteiger partial charge is 0.435 e. The van der Waals surface area contributed by atoms with Crippen LogP contribution in [0.5, 0.6) is 0 Å². The number of halogens is 9. The maximum atomic E-state index is 14.1. The maximum Gasteiger partial charge on any atom is 0.435 e. The standard InChI is InChI=1S/C16H8Cl2F7NO/c17-10-6-9(14(19,15(20,21)22)16(23,24)25)7-11(18)12(10)26-13(27)8-4-2-1-3-5-8/h1-7H,(H,26,27). The molecule has 0 aliphatic heterocycles. The number of amides is 1. The molecule has 2 aromatic rings. The third-order valence-electron chi connectivity index (χ3n) is 3.50. The van der Waals surface area contributed by atoms with Gasteiger partial charge in [0.1, 0.15) is 0 Å². The summed E-state index contributed by atoms with van der Waals surface area (Å²) in [6.45, 7) is 0. The monoisotopic (exact) mass is 433 g/mol. The molecule has 11 heteroatoms. The second-order valence-electron chi connectivity index (χ2n) is 5.29. The predicted molar refractivity (Wildman–Crippen MR) is 85.8 cm³/mol. The number of rotatable bonds is 3. The molecule has 2 rings (SSSR count). The van der Waals surface area contributed by atoms with E-state index in [0.717, 1.165) is 0 Å². The van der Waals surface area contributed by atoms with Gasteiger partial charge in [-0.2, -0.15) is 26.3 Å². The minimum atomic E-state index is -6.31. The van der Waals surface area contributed by atoms with Crippen LogP contribution in [0, 0.1) is 0 Å². The Morgan fingerprint density at radius 1 is 0.815 bits per heavy atom. The molecule has 1 amide bonds. The molecule has 146 valence electrons. The van der Waals surface area contributed by atoms with Crippen molar-refractivity contribution in [3.8, 4) is 0 Å². The lowest BCUT2D eigenvalue weighted by Crippen LogP contribution is -2.50. The Morgan fingerprint density at radius 3 is 1.67 bits per heavy atom. The van der Waals surface area contributed by atoms with Gasteiger partial charge in [0.15, 0.2) is 0 Å². The van der Waals surface area contributed by atoms with Crippen LogP contribution in [0.3, 0.4) is 0 Å². The molecule has 0 saturated heterocycles. The molecule has 2 aromatic carbocycles. The van der Waals surface area contributed by atoms with E-state index in [1.54, 1.807) is 6.07 Å². The van der Waals surface area contributed by atoms with E-state index in [1.165, 1.54) is 24.3 Å². The van der Waals surface area contributed by atoms with E-state index in [1.807, 2.05) is 0 Å². The summed E-state index contributed by atoms with van der Waals surface area (Å²) in [7, 11) is 0. The van der Waals surface area contributed by atoms with Crippen molar-refractivity contribution < 1.29 is 35.5 Å². The van der Waals surface area contributed by atoms with Crippen molar-refractivity contribution in [1.29, 1.82) is 0 Å². The molecular weight excluding hydrogens is 426 g/mol. The Hall–Kier alpha value is -2.00. The first-order valence-corrected chi connectivity index (χ1v) is 7.73. The van der Waals surface area contributed by atoms with Gasteiger partial charge in [0.2, 0.25) is 0 Å². The molecule has 0 aliphatic rings. The van der Waals surface area contributed by atoms with Gasteiger partial charge in [0, 0.05) is 11.1 Å². The van der Waals surface area contributed by atoms with Crippen molar-refractivity contribution in [3.63, 3.8) is 0 Å². The highest BCUT2D eigenvalue weighted by atomic mass is 35.5. The average Bonchev–Trinajstić information content (AvgIpc) is 2.55. The summed E-state index contributed by atoms with van der Waals surface area (Å²) in [5.41, 5.74) is -7.87. The Morgan fingerprint density at radius 2 is 1.26 bits per heavy atom. The highest BCUT2D eigenvalue weighted by Crippen LogP contribution is 2.54. The van der Waals surface area contributed by atoms with E-state index in [4.69, 9.17) is 23.2 Å². The van der Waals surface area contributed by atoms with Gasteiger partial charge in [0.25, 0.3) is 5.91 Å². The number of carbonyl (C=O) groups excluding carboxylic acids is 1. The van der Waals surface area contributed by atoms with Crippen LogP contribution in [0.15, 0.2) is 42.5 Å². The van der Waals surface area contributed by atoms with E-state index in [2.05, 4.69) is 5.32 Å². The number of anilines is 1. The molecule has 0 unspecified atom stereocenters. The Labute approximate surface area is 157 Å². The van der Waals surface area contributed by atoms with Gasteiger partial charge in [-0.3, -0.25) is 4.79 Å². The fourth-order valence-corrected chi connectivity index (χ4v) is 2.74. The zero-order chi connectivity index (χ0) is 20.6. The normalized spacial score (nSPS) is 12.8. The zero-order valence-corrected chi connectivity index (χ0v) is 14.4. The van der Waals surface area contributed by atoms with Crippen LogP contribution in [-0.4, -0.2) is 18.3 Å². The summed E-state index contributed by atoms with van der Waals surface area (Å²) < 4.78 is 91.1. The first-order chi connectivity index (χ1) is 12.3. The molecule has 0 bridgehead atoms. The highest BCUT2D eigenvalue weighted by Gasteiger charge is 2.73. The average molecular weight is 434 g/mol. The fraction of sp³-hybridized carbons (Fsp3) is 0.188. The minimum Gasteiger partial charge on any atom is -0.319 e. The van der Waals surface area contributed by atoms with Crippen molar-refractivity contribution in [1.82, 2.24) is 0 Å². The van der Waals surface area contributed by atoms with Gasteiger partial charge in [-0.1, -0.05) is 41.4 Å². The van der Waals surface area contributed by atoms with E-state index >= 15 is 0 Å². The highest BCUT2D eigenvalue weighted by molar-refractivity contribution is 6.40. The van der Waals surface area contributed by atoms with Crippen LogP contribution in [0.25, 0.3) is 0 Å². The lowest BCUT2D eigenvalue weighted by atomic mass is 9.94. The topological polar surface area (TPSA) is 29.1 Å². The third kappa shape index (κ3) is 3.98. The molecule has 0 fully saturated rings. The van der Waals surface area contributed by atoms with Gasteiger partial charge in [-0.15, -0.1) is 0 Å². The molecule has 0 saturated carbocycles. The summed E-state index contributed by atoms with van der Waals surface area (Å²) in [6, 6.07) is 7.68. The van der Waals surface area contributed by atoms with E-state index < -0.39 is 45.2 Å². The molecule has 0 radical (unpaired) electrons. The number of benzene rings is 2. The molecular formula is C16H8Cl2F7NO. The minimum absolute atomic E-state index is 0.120. The molecule has 0 aromatic heterocycles. The van der Waals surface area contributed by atoms with Crippen molar-refractivity contribution >= 4 is 34.8 Å². The van der Waals surface area contributed by atoms with Crippen molar-refractivity contribution in [2.24, 2.45) is 0 Å². The van der Waals surface area contributed by atoms with E-state index in [0.29, 0.717) is 0 Å². The van der Waals surface area contributed by atoms with Gasteiger partial charge in [-0.25, -0.2) is 4.39 Å². The summed E-state index contributed by atoms with van der Waals surface area (Å²) >= 11 is 11.3. The first kappa shape index (κ1) is 21.3. The lowest BCUT2D eigenvalue weighted by molar-refractivity contribution is -0.348. The van der Waals surface area contributed by atoms with Gasteiger partial charge < -0.3 is 5.32 Å². The molecule has 27 heavy (non-hydrogen) atoms.